The third-order valence-electron chi connectivity index (χ3n) is 4.24. The number of ether oxygens (including phenoxy) is 1. The molecule has 0 saturated carbocycles. The van der Waals surface area contributed by atoms with Gasteiger partial charge in [0.15, 0.2) is 0 Å². The summed E-state index contributed by atoms with van der Waals surface area (Å²) in [6.45, 7) is 3.48. The van der Waals surface area contributed by atoms with Crippen molar-refractivity contribution in [3.8, 4) is 5.75 Å². The molecular formula is C17H23ClN2O3. The molecule has 1 aliphatic heterocycles. The van der Waals surface area contributed by atoms with Crippen LogP contribution in [0.5, 0.6) is 5.75 Å². The van der Waals surface area contributed by atoms with Crippen LogP contribution >= 0.6 is 11.6 Å². The predicted octanol–water partition coefficient (Wildman–Crippen LogP) is 2.27. The molecule has 1 aromatic carbocycles. The normalized spacial score (nSPS) is 15.3. The van der Waals surface area contributed by atoms with Crippen molar-refractivity contribution < 1.29 is 14.3 Å². The summed E-state index contributed by atoms with van der Waals surface area (Å²) in [5.74, 6) is 0.815. The Balaban J connectivity index is 1.75. The number of rotatable bonds is 5. The molecule has 5 nitrogen and oxygen atoms in total. The fraction of sp³-hybridized carbons (Fsp3) is 0.529. The summed E-state index contributed by atoms with van der Waals surface area (Å²) in [6.07, 6.45) is 2.20. The molecule has 1 aliphatic rings. The third-order valence-corrected chi connectivity index (χ3v) is 4.54. The van der Waals surface area contributed by atoms with E-state index in [4.69, 9.17) is 16.3 Å². The first-order valence-corrected chi connectivity index (χ1v) is 8.24. The van der Waals surface area contributed by atoms with Gasteiger partial charge in [-0.25, -0.2) is 0 Å². The first-order chi connectivity index (χ1) is 11.0. The van der Waals surface area contributed by atoms with E-state index in [1.54, 1.807) is 18.9 Å². The Morgan fingerprint density at radius 3 is 2.61 bits per heavy atom. The number of amides is 2. The van der Waals surface area contributed by atoms with E-state index in [-0.39, 0.29) is 17.7 Å². The maximum absolute atomic E-state index is 12.2. The first-order valence-electron chi connectivity index (χ1n) is 7.87. The van der Waals surface area contributed by atoms with Gasteiger partial charge in [0.25, 0.3) is 0 Å². The summed E-state index contributed by atoms with van der Waals surface area (Å²) < 4.78 is 5.12. The molecule has 0 unspecified atom stereocenters. The summed E-state index contributed by atoms with van der Waals surface area (Å²) in [4.78, 5) is 25.2. The van der Waals surface area contributed by atoms with Gasteiger partial charge in [0.05, 0.1) is 12.1 Å². The van der Waals surface area contributed by atoms with E-state index in [0.717, 1.165) is 24.8 Å². The summed E-state index contributed by atoms with van der Waals surface area (Å²) in [5, 5.41) is 3.55. The molecule has 1 aromatic rings. The minimum absolute atomic E-state index is 0.00468. The number of nitrogens with zero attached hydrogens (tertiary/aromatic N) is 1. The van der Waals surface area contributed by atoms with Crippen LogP contribution in [0.3, 0.4) is 0 Å². The lowest BCUT2D eigenvalue weighted by molar-refractivity contribution is -0.133. The average molecular weight is 339 g/mol. The van der Waals surface area contributed by atoms with Crippen molar-refractivity contribution in [2.75, 3.05) is 26.7 Å². The standard InChI is InChI=1S/C17H23ClN2O3/c1-12(21)20-9-6-14(7-10-20)17(22)19-8-5-13-3-4-16(23-2)15(18)11-13/h3-4,11,14H,5-10H2,1-2H3,(H,19,22). The predicted molar refractivity (Wildman–Crippen MR) is 89.7 cm³/mol. The maximum Gasteiger partial charge on any atom is 0.223 e. The van der Waals surface area contributed by atoms with Gasteiger partial charge in [0, 0.05) is 32.5 Å². The molecule has 1 saturated heterocycles. The molecule has 0 spiro atoms. The van der Waals surface area contributed by atoms with Gasteiger partial charge in [-0.3, -0.25) is 9.59 Å². The summed E-state index contributed by atoms with van der Waals surface area (Å²) in [7, 11) is 1.58. The number of methoxy groups -OCH3 is 1. The van der Waals surface area contributed by atoms with Crippen LogP contribution in [0.4, 0.5) is 0 Å². The van der Waals surface area contributed by atoms with Gasteiger partial charge in [-0.15, -0.1) is 0 Å². The Morgan fingerprint density at radius 1 is 1.35 bits per heavy atom. The quantitative estimate of drug-likeness (QED) is 0.896. The zero-order chi connectivity index (χ0) is 16.8. The third kappa shape index (κ3) is 4.86. The number of nitrogens with one attached hydrogen (secondary N) is 1. The number of carbonyl (C=O) groups is 2. The monoisotopic (exact) mass is 338 g/mol. The molecule has 0 atom stereocenters. The Bertz CT molecular complexity index is 569. The van der Waals surface area contributed by atoms with E-state index >= 15 is 0 Å². The van der Waals surface area contributed by atoms with Crippen LogP contribution in [0.2, 0.25) is 5.02 Å². The van der Waals surface area contributed by atoms with Gasteiger partial charge in [-0.05, 0) is 37.0 Å². The molecule has 23 heavy (non-hydrogen) atoms. The molecule has 0 aromatic heterocycles. The number of likely N-dealkylation sites (tertiary alicyclic amines) is 1. The van der Waals surface area contributed by atoms with Crippen molar-refractivity contribution in [3.63, 3.8) is 0 Å². The highest BCUT2D eigenvalue weighted by Crippen LogP contribution is 2.25. The van der Waals surface area contributed by atoms with Gasteiger partial charge in [-0.2, -0.15) is 0 Å². The lowest BCUT2D eigenvalue weighted by Gasteiger charge is -2.30. The lowest BCUT2D eigenvalue weighted by atomic mass is 9.96. The number of carbonyl (C=O) groups excluding carboxylic acids is 2. The van der Waals surface area contributed by atoms with Crippen molar-refractivity contribution in [2.45, 2.75) is 26.2 Å². The van der Waals surface area contributed by atoms with Gasteiger partial charge in [-0.1, -0.05) is 17.7 Å². The highest BCUT2D eigenvalue weighted by molar-refractivity contribution is 6.32. The van der Waals surface area contributed by atoms with Crippen molar-refractivity contribution in [1.82, 2.24) is 10.2 Å². The van der Waals surface area contributed by atoms with E-state index in [9.17, 15) is 9.59 Å². The van der Waals surface area contributed by atoms with Crippen LogP contribution in [-0.4, -0.2) is 43.5 Å². The van der Waals surface area contributed by atoms with Crippen molar-refractivity contribution in [1.29, 1.82) is 0 Å². The molecule has 0 aliphatic carbocycles. The van der Waals surface area contributed by atoms with Crippen LogP contribution in [0.15, 0.2) is 18.2 Å². The number of hydrogen-bond acceptors (Lipinski definition) is 3. The van der Waals surface area contributed by atoms with Crippen LogP contribution in [0, 0.1) is 5.92 Å². The SMILES string of the molecule is COc1ccc(CCNC(=O)C2CCN(C(C)=O)CC2)cc1Cl. The largest absolute Gasteiger partial charge is 0.495 e. The van der Waals surface area contributed by atoms with Crippen molar-refractivity contribution >= 4 is 23.4 Å². The highest BCUT2D eigenvalue weighted by Gasteiger charge is 2.25. The zero-order valence-electron chi connectivity index (χ0n) is 13.6. The molecule has 2 rings (SSSR count). The fourth-order valence-corrected chi connectivity index (χ4v) is 3.08. The topological polar surface area (TPSA) is 58.6 Å². The molecular weight excluding hydrogens is 316 g/mol. The average Bonchev–Trinajstić information content (AvgIpc) is 2.55. The van der Waals surface area contributed by atoms with Crippen molar-refractivity contribution in [3.05, 3.63) is 28.8 Å². The molecule has 1 fully saturated rings. The van der Waals surface area contributed by atoms with E-state index in [0.29, 0.717) is 30.4 Å². The van der Waals surface area contributed by atoms with Crippen LogP contribution in [0.1, 0.15) is 25.3 Å². The molecule has 2 amide bonds. The summed E-state index contributed by atoms with van der Waals surface area (Å²) in [6, 6.07) is 5.64. The minimum Gasteiger partial charge on any atom is -0.495 e. The van der Waals surface area contributed by atoms with Gasteiger partial charge in [0.2, 0.25) is 11.8 Å². The van der Waals surface area contributed by atoms with Gasteiger partial charge >= 0.3 is 0 Å². The Labute approximate surface area is 141 Å². The number of piperidine rings is 1. The molecule has 0 bridgehead atoms. The maximum atomic E-state index is 12.2. The first kappa shape index (κ1) is 17.6. The zero-order valence-corrected chi connectivity index (χ0v) is 14.4. The van der Waals surface area contributed by atoms with E-state index in [2.05, 4.69) is 5.32 Å². The van der Waals surface area contributed by atoms with Crippen molar-refractivity contribution in [2.24, 2.45) is 5.92 Å². The van der Waals surface area contributed by atoms with Gasteiger partial charge < -0.3 is 15.0 Å². The second-order valence-electron chi connectivity index (χ2n) is 5.79. The van der Waals surface area contributed by atoms with Crippen LogP contribution < -0.4 is 10.1 Å². The number of benzene rings is 1. The second-order valence-corrected chi connectivity index (χ2v) is 6.20. The summed E-state index contributed by atoms with van der Waals surface area (Å²) in [5.41, 5.74) is 1.06. The fourth-order valence-electron chi connectivity index (χ4n) is 2.80. The Hall–Kier alpha value is -1.75. The summed E-state index contributed by atoms with van der Waals surface area (Å²) >= 11 is 6.09. The molecule has 1 N–H and O–H groups in total. The highest BCUT2D eigenvalue weighted by atomic mass is 35.5. The molecule has 1 heterocycles. The molecule has 126 valence electrons. The number of halogens is 1. The Kier molecular flexibility index (Phi) is 6.28. The number of hydrogen-bond donors (Lipinski definition) is 1. The molecule has 0 radical (unpaired) electrons. The molecule has 6 heteroatoms. The Morgan fingerprint density at radius 2 is 2.04 bits per heavy atom. The lowest BCUT2D eigenvalue weighted by Crippen LogP contribution is -2.42. The van der Waals surface area contributed by atoms with Gasteiger partial charge in [0.1, 0.15) is 5.75 Å². The van der Waals surface area contributed by atoms with Crippen LogP contribution in [0.25, 0.3) is 0 Å². The van der Waals surface area contributed by atoms with E-state index in [1.807, 2.05) is 18.2 Å². The minimum atomic E-state index is 0.00468. The van der Waals surface area contributed by atoms with E-state index < -0.39 is 0 Å². The van der Waals surface area contributed by atoms with E-state index in [1.165, 1.54) is 0 Å². The van der Waals surface area contributed by atoms with Crippen LogP contribution in [-0.2, 0) is 16.0 Å². The second kappa shape index (κ2) is 8.20. The smallest absolute Gasteiger partial charge is 0.223 e.